The fourth-order valence-electron chi connectivity index (χ4n) is 1.72. The third-order valence-corrected chi connectivity index (χ3v) is 4.16. The van der Waals surface area contributed by atoms with Crippen molar-refractivity contribution in [1.82, 2.24) is 4.31 Å². The van der Waals surface area contributed by atoms with Crippen molar-refractivity contribution in [3.8, 4) is 22.9 Å². The van der Waals surface area contributed by atoms with Crippen molar-refractivity contribution in [3.05, 3.63) is 54.1 Å². The van der Waals surface area contributed by atoms with Crippen molar-refractivity contribution in [1.29, 1.82) is 5.26 Å². The van der Waals surface area contributed by atoms with Crippen molar-refractivity contribution in [2.75, 3.05) is 14.1 Å². The molecule has 0 aliphatic rings. The highest BCUT2D eigenvalue weighted by atomic mass is 32.2. The van der Waals surface area contributed by atoms with Gasteiger partial charge in [0.15, 0.2) is 0 Å². The molecule has 0 bridgehead atoms. The van der Waals surface area contributed by atoms with Gasteiger partial charge in [0.2, 0.25) is 0 Å². The fourth-order valence-corrected chi connectivity index (χ4v) is 2.22. The Morgan fingerprint density at radius 3 is 2.24 bits per heavy atom. The van der Waals surface area contributed by atoms with E-state index in [1.165, 1.54) is 14.1 Å². The van der Waals surface area contributed by atoms with E-state index in [-0.39, 0.29) is 5.75 Å². The van der Waals surface area contributed by atoms with E-state index in [0.717, 1.165) is 15.4 Å². The maximum absolute atomic E-state index is 11.6. The first-order chi connectivity index (χ1) is 9.94. The largest absolute Gasteiger partial charge is 0.384 e. The number of nitrogens with zero attached hydrogens (tertiary/aromatic N) is 2. The molecule has 0 N–H and O–H groups in total. The van der Waals surface area contributed by atoms with Crippen LogP contribution in [0, 0.1) is 11.3 Å². The lowest BCUT2D eigenvalue weighted by molar-refractivity contribution is 0.421. The topological polar surface area (TPSA) is 70.4 Å². The summed E-state index contributed by atoms with van der Waals surface area (Å²) in [5.41, 5.74) is 2.18. The highest BCUT2D eigenvalue weighted by Gasteiger charge is 2.15. The Balaban J connectivity index is 2.30. The summed E-state index contributed by atoms with van der Waals surface area (Å²) in [7, 11) is -0.969. The van der Waals surface area contributed by atoms with Crippen LogP contribution in [-0.4, -0.2) is 26.8 Å². The molecule has 6 heteroatoms. The quantitative estimate of drug-likeness (QED) is 0.869. The molecule has 0 fully saturated rings. The molecule has 2 rings (SSSR count). The molecule has 0 heterocycles. The summed E-state index contributed by atoms with van der Waals surface area (Å²) < 4.78 is 29.2. The second-order valence-corrected chi connectivity index (χ2v) is 6.26. The first-order valence-corrected chi connectivity index (χ1v) is 7.52. The van der Waals surface area contributed by atoms with Gasteiger partial charge in [-0.25, -0.2) is 0 Å². The van der Waals surface area contributed by atoms with Crippen LogP contribution >= 0.6 is 0 Å². The molecular weight excluding hydrogens is 288 g/mol. The molecule has 0 radical (unpaired) electrons. The zero-order valence-electron chi connectivity index (χ0n) is 11.6. The van der Waals surface area contributed by atoms with Gasteiger partial charge in [-0.3, -0.25) is 0 Å². The molecular formula is C15H14N2O3S. The maximum Gasteiger partial charge on any atom is 0.384 e. The van der Waals surface area contributed by atoms with Gasteiger partial charge in [-0.15, -0.1) is 0 Å². The molecule has 5 nitrogen and oxygen atoms in total. The second-order valence-electron chi connectivity index (χ2n) is 4.51. The van der Waals surface area contributed by atoms with E-state index >= 15 is 0 Å². The molecule has 0 aliphatic carbocycles. The highest BCUT2D eigenvalue weighted by molar-refractivity contribution is 7.84. The van der Waals surface area contributed by atoms with Gasteiger partial charge >= 0.3 is 10.3 Å². The summed E-state index contributed by atoms with van der Waals surface area (Å²) >= 11 is 0. The predicted octanol–water partition coefficient (Wildman–Crippen LogP) is 2.41. The maximum atomic E-state index is 11.6. The van der Waals surface area contributed by atoms with Gasteiger partial charge in [-0.2, -0.15) is 18.0 Å². The van der Waals surface area contributed by atoms with Crippen molar-refractivity contribution < 1.29 is 12.6 Å². The molecule has 2 aromatic rings. The molecule has 0 aromatic heterocycles. The van der Waals surface area contributed by atoms with Gasteiger partial charge in [0.05, 0.1) is 11.6 Å². The van der Waals surface area contributed by atoms with E-state index in [1.807, 2.05) is 12.1 Å². The Bertz CT molecular complexity index is 775. The van der Waals surface area contributed by atoms with Crippen LogP contribution in [-0.2, 0) is 10.3 Å². The standard InChI is InChI=1S/C15H14N2O3S/c1-17(2)21(18,19)20-14-9-7-12(8-10-14)15-6-4-3-5-13(15)11-16/h3-10H,1-2H3. The zero-order valence-corrected chi connectivity index (χ0v) is 12.5. The van der Waals surface area contributed by atoms with Crippen LogP contribution in [0.4, 0.5) is 0 Å². The third kappa shape index (κ3) is 3.40. The van der Waals surface area contributed by atoms with Crippen molar-refractivity contribution >= 4 is 10.3 Å². The van der Waals surface area contributed by atoms with Crippen LogP contribution in [0.3, 0.4) is 0 Å². The van der Waals surface area contributed by atoms with Crippen LogP contribution in [0.15, 0.2) is 48.5 Å². The van der Waals surface area contributed by atoms with E-state index in [1.54, 1.807) is 36.4 Å². The summed E-state index contributed by atoms with van der Waals surface area (Å²) in [6, 6.07) is 15.9. The van der Waals surface area contributed by atoms with Crippen molar-refractivity contribution in [2.24, 2.45) is 0 Å². The molecule has 0 saturated carbocycles. The first-order valence-electron chi connectivity index (χ1n) is 6.15. The normalized spacial score (nSPS) is 11.1. The molecule has 21 heavy (non-hydrogen) atoms. The number of hydrogen-bond acceptors (Lipinski definition) is 4. The summed E-state index contributed by atoms with van der Waals surface area (Å²) in [6.07, 6.45) is 0. The SMILES string of the molecule is CN(C)S(=O)(=O)Oc1ccc(-c2ccccc2C#N)cc1. The monoisotopic (exact) mass is 302 g/mol. The average molecular weight is 302 g/mol. The third-order valence-electron chi connectivity index (χ3n) is 2.86. The van der Waals surface area contributed by atoms with E-state index in [4.69, 9.17) is 9.44 Å². The average Bonchev–Trinajstić information content (AvgIpc) is 2.47. The highest BCUT2D eigenvalue weighted by Crippen LogP contribution is 2.25. The molecule has 108 valence electrons. The summed E-state index contributed by atoms with van der Waals surface area (Å²) in [6.45, 7) is 0. The lowest BCUT2D eigenvalue weighted by Crippen LogP contribution is -2.26. The van der Waals surface area contributed by atoms with E-state index in [0.29, 0.717) is 5.56 Å². The Kier molecular flexibility index (Phi) is 4.26. The predicted molar refractivity (Wildman–Crippen MR) is 79.8 cm³/mol. The molecule has 0 atom stereocenters. The zero-order chi connectivity index (χ0) is 15.5. The number of rotatable bonds is 4. The molecule has 0 spiro atoms. The summed E-state index contributed by atoms with van der Waals surface area (Å²) in [5.74, 6) is 0.224. The van der Waals surface area contributed by atoms with Gasteiger partial charge in [0.1, 0.15) is 5.75 Å². The fraction of sp³-hybridized carbons (Fsp3) is 0.133. The minimum absolute atomic E-state index is 0.224. The lowest BCUT2D eigenvalue weighted by atomic mass is 10.0. The number of benzene rings is 2. The molecule has 0 saturated heterocycles. The summed E-state index contributed by atoms with van der Waals surface area (Å²) in [4.78, 5) is 0. The second kappa shape index (κ2) is 5.95. The van der Waals surface area contributed by atoms with Crippen LogP contribution in [0.25, 0.3) is 11.1 Å². The van der Waals surface area contributed by atoms with Crippen molar-refractivity contribution in [3.63, 3.8) is 0 Å². The molecule has 0 unspecified atom stereocenters. The number of nitriles is 1. The van der Waals surface area contributed by atoms with Crippen LogP contribution in [0.5, 0.6) is 5.75 Å². The van der Waals surface area contributed by atoms with Gasteiger partial charge in [-0.05, 0) is 29.3 Å². The number of hydrogen-bond donors (Lipinski definition) is 0. The van der Waals surface area contributed by atoms with Gasteiger partial charge < -0.3 is 4.18 Å². The Hall–Kier alpha value is -2.36. The molecule has 2 aromatic carbocycles. The summed E-state index contributed by atoms with van der Waals surface area (Å²) in [5, 5.41) is 9.09. The van der Waals surface area contributed by atoms with Crippen LogP contribution in [0.2, 0.25) is 0 Å². The Morgan fingerprint density at radius 2 is 1.67 bits per heavy atom. The van der Waals surface area contributed by atoms with Crippen LogP contribution < -0.4 is 4.18 Å². The molecule has 0 aliphatic heterocycles. The lowest BCUT2D eigenvalue weighted by Gasteiger charge is -2.12. The minimum Gasteiger partial charge on any atom is -0.371 e. The molecule has 0 amide bonds. The Labute approximate surface area is 124 Å². The smallest absolute Gasteiger partial charge is 0.371 e. The van der Waals surface area contributed by atoms with Gasteiger partial charge in [0.25, 0.3) is 0 Å². The first kappa shape index (κ1) is 15.0. The van der Waals surface area contributed by atoms with Gasteiger partial charge in [0, 0.05) is 14.1 Å². The van der Waals surface area contributed by atoms with Gasteiger partial charge in [-0.1, -0.05) is 30.3 Å². The van der Waals surface area contributed by atoms with E-state index < -0.39 is 10.3 Å². The minimum atomic E-state index is -3.76. The van der Waals surface area contributed by atoms with E-state index in [2.05, 4.69) is 6.07 Å². The Morgan fingerprint density at radius 1 is 1.05 bits per heavy atom. The van der Waals surface area contributed by atoms with Crippen LogP contribution in [0.1, 0.15) is 5.56 Å². The van der Waals surface area contributed by atoms with Crippen molar-refractivity contribution in [2.45, 2.75) is 0 Å². The van der Waals surface area contributed by atoms with E-state index in [9.17, 15) is 8.42 Å².